The van der Waals surface area contributed by atoms with E-state index in [-0.39, 0.29) is 6.54 Å². The Labute approximate surface area is 94.5 Å². The Hall–Kier alpha value is -1.63. The number of carboxylic acid groups (broad SMARTS) is 1. The summed E-state index contributed by atoms with van der Waals surface area (Å²) in [6, 6.07) is 3.46. The van der Waals surface area contributed by atoms with E-state index in [0.29, 0.717) is 5.56 Å². The molecule has 0 atom stereocenters. The van der Waals surface area contributed by atoms with Crippen LogP contribution in [0.3, 0.4) is 0 Å². The van der Waals surface area contributed by atoms with E-state index in [9.17, 15) is 13.2 Å². The van der Waals surface area contributed by atoms with Crippen LogP contribution in [0.2, 0.25) is 0 Å². The monoisotopic (exact) mass is 244 g/mol. The fourth-order valence-corrected chi connectivity index (χ4v) is 1.63. The van der Waals surface area contributed by atoms with Crippen molar-refractivity contribution in [2.75, 3.05) is 5.88 Å². The topological polar surface area (TPSA) is 87.6 Å². The third kappa shape index (κ3) is 3.85. The summed E-state index contributed by atoms with van der Waals surface area (Å²) in [7, 11) is -2.75. The van der Waals surface area contributed by atoms with E-state index >= 15 is 0 Å². The first-order valence-electron chi connectivity index (χ1n) is 4.50. The second-order valence-corrected chi connectivity index (χ2v) is 4.21. The minimum Gasteiger partial charge on any atom is -0.465 e. The predicted octanol–water partition coefficient (Wildman–Crippen LogP) is 0.439. The highest BCUT2D eigenvalue weighted by atomic mass is 32.2. The highest BCUT2D eigenvalue weighted by molar-refractivity contribution is 7.72. The van der Waals surface area contributed by atoms with E-state index < -0.39 is 22.7 Å². The van der Waals surface area contributed by atoms with Gasteiger partial charge in [-0.3, -0.25) is 9.88 Å². The minimum atomic E-state index is -2.75. The van der Waals surface area contributed by atoms with Crippen LogP contribution in [0.25, 0.3) is 0 Å². The standard InChI is InChI=1S/C9H12N2O4S/c1-7-2-3-8(4-10-7)5-11(9(12)13)6-16(14)15/h2-4,16H,5-6H2,1H3,(H,12,13). The molecule has 6 nitrogen and oxygen atoms in total. The summed E-state index contributed by atoms with van der Waals surface area (Å²) >= 11 is 0. The lowest BCUT2D eigenvalue weighted by Gasteiger charge is -2.15. The van der Waals surface area contributed by atoms with Crippen LogP contribution in [-0.2, 0) is 17.2 Å². The van der Waals surface area contributed by atoms with Crippen LogP contribution in [0, 0.1) is 6.92 Å². The summed E-state index contributed by atoms with van der Waals surface area (Å²) in [5, 5.41) is 8.78. The second-order valence-electron chi connectivity index (χ2n) is 3.26. The maximum absolute atomic E-state index is 10.7. The lowest BCUT2D eigenvalue weighted by atomic mass is 10.2. The van der Waals surface area contributed by atoms with E-state index in [1.54, 1.807) is 12.1 Å². The van der Waals surface area contributed by atoms with Crippen molar-refractivity contribution in [1.29, 1.82) is 0 Å². The number of pyridine rings is 1. The van der Waals surface area contributed by atoms with Gasteiger partial charge in [-0.05, 0) is 18.6 Å². The van der Waals surface area contributed by atoms with Crippen LogP contribution in [0.1, 0.15) is 11.3 Å². The van der Waals surface area contributed by atoms with Gasteiger partial charge in [-0.25, -0.2) is 13.2 Å². The molecular formula is C9H12N2O4S. The SMILES string of the molecule is Cc1ccc(CN(C[SH](=O)=O)C(=O)O)cn1. The van der Waals surface area contributed by atoms with Gasteiger partial charge in [0.2, 0.25) is 0 Å². The van der Waals surface area contributed by atoms with Gasteiger partial charge in [0.25, 0.3) is 0 Å². The van der Waals surface area contributed by atoms with E-state index in [2.05, 4.69) is 4.98 Å². The summed E-state index contributed by atoms with van der Waals surface area (Å²) in [4.78, 5) is 15.6. The highest BCUT2D eigenvalue weighted by Crippen LogP contribution is 2.04. The van der Waals surface area contributed by atoms with Crippen LogP contribution >= 0.6 is 0 Å². The molecule has 7 heteroatoms. The van der Waals surface area contributed by atoms with Crippen molar-refractivity contribution < 1.29 is 18.3 Å². The number of thiol groups is 1. The summed E-state index contributed by atoms with van der Waals surface area (Å²) < 4.78 is 20.9. The second kappa shape index (κ2) is 5.45. The van der Waals surface area contributed by atoms with Gasteiger partial charge >= 0.3 is 6.09 Å². The average molecular weight is 244 g/mol. The Bertz CT molecular complexity index is 433. The predicted molar refractivity (Wildman–Crippen MR) is 57.7 cm³/mol. The van der Waals surface area contributed by atoms with Crippen molar-refractivity contribution in [1.82, 2.24) is 9.88 Å². The number of hydrogen-bond acceptors (Lipinski definition) is 4. The molecule has 16 heavy (non-hydrogen) atoms. The van der Waals surface area contributed by atoms with Crippen LogP contribution in [-0.4, -0.2) is 35.4 Å². The zero-order valence-corrected chi connectivity index (χ0v) is 9.55. The fraction of sp³-hybridized carbons (Fsp3) is 0.333. The molecule has 0 saturated heterocycles. The molecule has 1 rings (SSSR count). The van der Waals surface area contributed by atoms with Gasteiger partial charge in [-0.2, -0.15) is 0 Å². The van der Waals surface area contributed by atoms with Crippen molar-refractivity contribution in [3.8, 4) is 0 Å². The van der Waals surface area contributed by atoms with Crippen LogP contribution in [0.5, 0.6) is 0 Å². The molecule has 1 amide bonds. The number of rotatable bonds is 4. The van der Waals surface area contributed by atoms with Gasteiger partial charge in [0.1, 0.15) is 5.88 Å². The molecule has 0 fully saturated rings. The van der Waals surface area contributed by atoms with Crippen LogP contribution < -0.4 is 0 Å². The van der Waals surface area contributed by atoms with Gasteiger partial charge in [-0.15, -0.1) is 0 Å². The Morgan fingerprint density at radius 2 is 2.19 bits per heavy atom. The molecule has 0 unspecified atom stereocenters. The maximum Gasteiger partial charge on any atom is 0.408 e. The molecule has 0 aliphatic heterocycles. The minimum absolute atomic E-state index is 0.0198. The number of hydrogen-bond donors (Lipinski definition) is 2. The summed E-state index contributed by atoms with van der Waals surface area (Å²) in [6.07, 6.45) is 0.267. The number of nitrogens with zero attached hydrogens (tertiary/aromatic N) is 2. The lowest BCUT2D eigenvalue weighted by molar-refractivity contribution is 0.150. The van der Waals surface area contributed by atoms with Gasteiger partial charge in [0, 0.05) is 11.9 Å². The fourth-order valence-electron chi connectivity index (χ4n) is 1.13. The number of aryl methyl sites for hydroxylation is 1. The smallest absolute Gasteiger partial charge is 0.408 e. The van der Waals surface area contributed by atoms with Crippen molar-refractivity contribution in [3.05, 3.63) is 29.6 Å². The van der Waals surface area contributed by atoms with Crippen molar-refractivity contribution >= 4 is 16.8 Å². The van der Waals surface area contributed by atoms with Crippen LogP contribution in [0.15, 0.2) is 18.3 Å². The Morgan fingerprint density at radius 1 is 1.50 bits per heavy atom. The van der Waals surface area contributed by atoms with E-state index in [0.717, 1.165) is 10.6 Å². The molecule has 1 heterocycles. The summed E-state index contributed by atoms with van der Waals surface area (Å²) in [5.74, 6) is -0.501. The number of amides is 1. The summed E-state index contributed by atoms with van der Waals surface area (Å²) in [6.45, 7) is 1.83. The zero-order valence-electron chi connectivity index (χ0n) is 8.66. The van der Waals surface area contributed by atoms with Gasteiger partial charge in [0.05, 0.1) is 6.54 Å². The lowest BCUT2D eigenvalue weighted by Crippen LogP contribution is -2.30. The molecule has 0 radical (unpaired) electrons. The molecular weight excluding hydrogens is 232 g/mol. The number of carbonyl (C=O) groups is 1. The number of aromatic nitrogens is 1. The Morgan fingerprint density at radius 3 is 2.62 bits per heavy atom. The third-order valence-electron chi connectivity index (χ3n) is 1.90. The molecule has 1 N–H and O–H groups in total. The zero-order chi connectivity index (χ0) is 12.1. The largest absolute Gasteiger partial charge is 0.465 e. The van der Waals surface area contributed by atoms with Gasteiger partial charge in [-0.1, -0.05) is 6.07 Å². The Kier molecular flexibility index (Phi) is 4.24. The molecule has 0 aliphatic rings. The normalized spacial score (nSPS) is 10.4. The van der Waals surface area contributed by atoms with E-state index in [1.807, 2.05) is 6.92 Å². The van der Waals surface area contributed by atoms with Crippen molar-refractivity contribution in [3.63, 3.8) is 0 Å². The molecule has 0 bridgehead atoms. The first-order chi connectivity index (χ1) is 7.49. The molecule has 0 saturated carbocycles. The molecule has 0 aromatic carbocycles. The maximum atomic E-state index is 10.7. The molecule has 0 spiro atoms. The summed E-state index contributed by atoms with van der Waals surface area (Å²) in [5.41, 5.74) is 1.48. The van der Waals surface area contributed by atoms with Gasteiger partial charge < -0.3 is 5.11 Å². The first-order valence-corrected chi connectivity index (χ1v) is 5.86. The van der Waals surface area contributed by atoms with Crippen LogP contribution in [0.4, 0.5) is 4.79 Å². The van der Waals surface area contributed by atoms with E-state index in [1.165, 1.54) is 6.20 Å². The van der Waals surface area contributed by atoms with Crippen molar-refractivity contribution in [2.45, 2.75) is 13.5 Å². The molecule has 1 aromatic heterocycles. The first kappa shape index (κ1) is 12.4. The van der Waals surface area contributed by atoms with E-state index in [4.69, 9.17) is 5.11 Å². The Balaban J connectivity index is 2.75. The quantitative estimate of drug-likeness (QED) is 0.750. The van der Waals surface area contributed by atoms with Gasteiger partial charge in [0.15, 0.2) is 10.7 Å². The third-order valence-corrected chi connectivity index (χ3v) is 2.48. The molecule has 1 aromatic rings. The highest BCUT2D eigenvalue weighted by Gasteiger charge is 2.13. The molecule has 88 valence electrons. The molecule has 0 aliphatic carbocycles. The van der Waals surface area contributed by atoms with Crippen molar-refractivity contribution in [2.24, 2.45) is 0 Å². The average Bonchev–Trinajstić information content (AvgIpc) is 2.19.